The standard InChI is InChI=1S/C20H30FNOSi/c1-7-15(9-11-23-24(5,6)20(2,3)4)18-13-17(21)12-16-8-10-22-14-19(16)18/h8,10,12-15H,7,9,11H2,1-6H3. The molecular formula is C20H30FNOSi. The van der Waals surface area contributed by atoms with Crippen LogP contribution in [0.25, 0.3) is 10.8 Å². The van der Waals surface area contributed by atoms with E-state index in [1.54, 1.807) is 18.3 Å². The minimum absolute atomic E-state index is 0.174. The van der Waals surface area contributed by atoms with Crippen LogP contribution >= 0.6 is 0 Å². The van der Waals surface area contributed by atoms with Gasteiger partial charge in [0.15, 0.2) is 8.32 Å². The van der Waals surface area contributed by atoms with Crippen molar-refractivity contribution < 1.29 is 8.82 Å². The zero-order valence-corrected chi connectivity index (χ0v) is 16.8. The van der Waals surface area contributed by atoms with Gasteiger partial charge in [0.05, 0.1) is 0 Å². The SMILES string of the molecule is CCC(CCO[Si](C)(C)C(C)(C)C)c1cc(F)cc2ccncc12. The second kappa shape index (κ2) is 7.32. The average molecular weight is 348 g/mol. The van der Waals surface area contributed by atoms with Crippen molar-refractivity contribution in [2.24, 2.45) is 0 Å². The maximum atomic E-state index is 14.0. The summed E-state index contributed by atoms with van der Waals surface area (Å²) >= 11 is 0. The molecule has 1 aromatic carbocycles. The lowest BCUT2D eigenvalue weighted by Gasteiger charge is -2.36. The summed E-state index contributed by atoms with van der Waals surface area (Å²) in [5.41, 5.74) is 1.06. The highest BCUT2D eigenvalue weighted by molar-refractivity contribution is 6.74. The summed E-state index contributed by atoms with van der Waals surface area (Å²) < 4.78 is 20.3. The van der Waals surface area contributed by atoms with Gasteiger partial charge in [0, 0.05) is 24.4 Å². The predicted octanol–water partition coefficient (Wildman–Crippen LogP) is 6.28. The van der Waals surface area contributed by atoms with E-state index in [0.717, 1.165) is 35.8 Å². The molecule has 1 aromatic heterocycles. The Balaban J connectivity index is 2.18. The first kappa shape index (κ1) is 19.1. The van der Waals surface area contributed by atoms with Gasteiger partial charge >= 0.3 is 0 Å². The van der Waals surface area contributed by atoms with Crippen molar-refractivity contribution in [1.29, 1.82) is 0 Å². The third-order valence-electron chi connectivity index (χ3n) is 5.42. The van der Waals surface area contributed by atoms with Gasteiger partial charge in [-0.3, -0.25) is 4.98 Å². The number of nitrogens with zero attached hydrogens (tertiary/aromatic N) is 1. The highest BCUT2D eigenvalue weighted by Gasteiger charge is 2.37. The topological polar surface area (TPSA) is 22.1 Å². The Kier molecular flexibility index (Phi) is 5.81. The van der Waals surface area contributed by atoms with E-state index in [-0.39, 0.29) is 16.8 Å². The van der Waals surface area contributed by atoms with Crippen LogP contribution in [-0.4, -0.2) is 19.9 Å². The van der Waals surface area contributed by atoms with Crippen LogP contribution in [0, 0.1) is 5.82 Å². The largest absolute Gasteiger partial charge is 0.417 e. The smallest absolute Gasteiger partial charge is 0.191 e. The molecule has 4 heteroatoms. The Morgan fingerprint density at radius 2 is 1.96 bits per heavy atom. The molecule has 0 aliphatic carbocycles. The highest BCUT2D eigenvalue weighted by Crippen LogP contribution is 2.37. The van der Waals surface area contributed by atoms with E-state index < -0.39 is 8.32 Å². The molecule has 0 bridgehead atoms. The van der Waals surface area contributed by atoms with Gasteiger partial charge < -0.3 is 4.43 Å². The number of fused-ring (bicyclic) bond motifs is 1. The maximum absolute atomic E-state index is 14.0. The Labute approximate surface area is 146 Å². The summed E-state index contributed by atoms with van der Waals surface area (Å²) in [5.74, 6) is 0.115. The zero-order valence-electron chi connectivity index (χ0n) is 15.8. The van der Waals surface area contributed by atoms with Crippen LogP contribution < -0.4 is 0 Å². The van der Waals surface area contributed by atoms with E-state index in [1.165, 1.54) is 0 Å². The molecule has 2 aromatic rings. The molecule has 0 fully saturated rings. The van der Waals surface area contributed by atoms with Crippen molar-refractivity contribution in [3.05, 3.63) is 42.0 Å². The summed E-state index contributed by atoms with van der Waals surface area (Å²) in [4.78, 5) is 4.22. The van der Waals surface area contributed by atoms with Gasteiger partial charge in [-0.05, 0) is 66.0 Å². The lowest BCUT2D eigenvalue weighted by atomic mass is 9.90. The fourth-order valence-corrected chi connectivity index (χ4v) is 3.84. The molecule has 132 valence electrons. The number of hydrogen-bond acceptors (Lipinski definition) is 2. The van der Waals surface area contributed by atoms with Gasteiger partial charge in [0.1, 0.15) is 5.82 Å². The molecule has 0 amide bonds. The molecule has 0 saturated heterocycles. The van der Waals surface area contributed by atoms with Gasteiger partial charge in [0.25, 0.3) is 0 Å². The maximum Gasteiger partial charge on any atom is 0.191 e. The molecule has 0 N–H and O–H groups in total. The quantitative estimate of drug-likeness (QED) is 0.574. The van der Waals surface area contributed by atoms with Gasteiger partial charge in [-0.2, -0.15) is 0 Å². The van der Waals surface area contributed by atoms with Crippen molar-refractivity contribution in [3.8, 4) is 0 Å². The first-order valence-electron chi connectivity index (χ1n) is 8.83. The minimum Gasteiger partial charge on any atom is -0.417 e. The van der Waals surface area contributed by atoms with Gasteiger partial charge in [-0.25, -0.2) is 4.39 Å². The fourth-order valence-electron chi connectivity index (χ4n) is 2.78. The Morgan fingerprint density at radius 1 is 1.25 bits per heavy atom. The van der Waals surface area contributed by atoms with Gasteiger partial charge in [-0.15, -0.1) is 0 Å². The third kappa shape index (κ3) is 4.22. The number of halogens is 1. The van der Waals surface area contributed by atoms with Crippen molar-refractivity contribution in [2.45, 2.75) is 64.6 Å². The molecule has 2 rings (SSSR count). The molecule has 0 radical (unpaired) electrons. The number of hydrogen-bond donors (Lipinski definition) is 0. The minimum atomic E-state index is -1.74. The number of pyridine rings is 1. The van der Waals surface area contributed by atoms with Crippen molar-refractivity contribution in [3.63, 3.8) is 0 Å². The monoisotopic (exact) mass is 347 g/mol. The summed E-state index contributed by atoms with van der Waals surface area (Å²) in [6.07, 6.45) is 5.44. The van der Waals surface area contributed by atoms with Crippen molar-refractivity contribution in [1.82, 2.24) is 4.98 Å². The van der Waals surface area contributed by atoms with E-state index in [0.29, 0.717) is 0 Å². The Bertz CT molecular complexity index is 694. The molecule has 24 heavy (non-hydrogen) atoms. The second-order valence-corrected chi connectivity index (χ2v) is 12.9. The van der Waals surface area contributed by atoms with Gasteiger partial charge in [0.2, 0.25) is 0 Å². The van der Waals surface area contributed by atoms with E-state index in [1.807, 2.05) is 12.3 Å². The summed E-state index contributed by atoms with van der Waals surface area (Å²) in [7, 11) is -1.74. The lowest BCUT2D eigenvalue weighted by molar-refractivity contribution is 0.270. The van der Waals surface area contributed by atoms with Crippen molar-refractivity contribution in [2.75, 3.05) is 6.61 Å². The molecule has 0 saturated carbocycles. The first-order chi connectivity index (χ1) is 11.2. The van der Waals surface area contributed by atoms with Crippen molar-refractivity contribution >= 4 is 19.1 Å². The zero-order chi connectivity index (χ0) is 18.0. The van der Waals surface area contributed by atoms with Crippen LogP contribution in [0.3, 0.4) is 0 Å². The number of rotatable bonds is 6. The highest BCUT2D eigenvalue weighted by atomic mass is 28.4. The van der Waals surface area contributed by atoms with Crippen LogP contribution in [0.5, 0.6) is 0 Å². The molecule has 0 spiro atoms. The van der Waals surface area contributed by atoms with Crippen LogP contribution in [-0.2, 0) is 4.43 Å². The summed E-state index contributed by atoms with van der Waals surface area (Å²) in [6, 6.07) is 5.13. The molecule has 0 aliphatic rings. The number of aromatic nitrogens is 1. The van der Waals surface area contributed by atoms with Crippen LogP contribution in [0.2, 0.25) is 18.1 Å². The molecular weight excluding hydrogens is 317 g/mol. The van der Waals surface area contributed by atoms with E-state index >= 15 is 0 Å². The Morgan fingerprint density at radius 3 is 2.58 bits per heavy atom. The first-order valence-corrected chi connectivity index (χ1v) is 11.7. The predicted molar refractivity (Wildman–Crippen MR) is 102 cm³/mol. The fraction of sp³-hybridized carbons (Fsp3) is 0.550. The molecule has 1 heterocycles. The Hall–Kier alpha value is -1.26. The van der Waals surface area contributed by atoms with Crippen LogP contribution in [0.1, 0.15) is 52.0 Å². The summed E-state index contributed by atoms with van der Waals surface area (Å²) in [5, 5.41) is 2.19. The molecule has 0 aliphatic heterocycles. The van der Waals surface area contributed by atoms with Gasteiger partial charge in [-0.1, -0.05) is 27.7 Å². The molecule has 1 unspecified atom stereocenters. The molecule has 1 atom stereocenters. The normalized spacial score (nSPS) is 14.1. The third-order valence-corrected chi connectivity index (χ3v) is 9.96. The van der Waals surface area contributed by atoms with Crippen LogP contribution in [0.15, 0.2) is 30.6 Å². The molecule has 2 nitrogen and oxygen atoms in total. The van der Waals surface area contributed by atoms with Crippen LogP contribution in [0.4, 0.5) is 4.39 Å². The van der Waals surface area contributed by atoms with E-state index in [4.69, 9.17) is 4.43 Å². The summed E-state index contributed by atoms with van der Waals surface area (Å²) in [6.45, 7) is 14.2. The van der Waals surface area contributed by atoms with E-state index in [9.17, 15) is 4.39 Å². The second-order valence-electron chi connectivity index (χ2n) is 8.09. The van der Waals surface area contributed by atoms with E-state index in [2.05, 4.69) is 45.8 Å². The average Bonchev–Trinajstić information content (AvgIpc) is 2.49. The lowest BCUT2D eigenvalue weighted by Crippen LogP contribution is -2.41. The number of benzene rings is 1.